The molecule has 0 aliphatic rings. The third-order valence-corrected chi connectivity index (χ3v) is 1.81. The number of hydrogen-bond acceptors (Lipinski definition) is 2. The van der Waals surface area contributed by atoms with E-state index in [0.29, 0.717) is 6.42 Å². The van der Waals surface area contributed by atoms with Crippen molar-refractivity contribution in [2.24, 2.45) is 0 Å². The molecule has 0 atom stereocenters. The van der Waals surface area contributed by atoms with E-state index in [9.17, 15) is 0 Å². The lowest BCUT2D eigenvalue weighted by molar-refractivity contribution is -0.0446. The largest absolute Gasteiger partial charge is 0.368 e. The van der Waals surface area contributed by atoms with E-state index >= 15 is 0 Å². The van der Waals surface area contributed by atoms with Crippen LogP contribution in [0.1, 0.15) is 17.5 Å². The van der Waals surface area contributed by atoms with Gasteiger partial charge in [-0.25, -0.2) is 0 Å². The van der Waals surface area contributed by atoms with Gasteiger partial charge in [-0.15, -0.1) is 0 Å². The minimum absolute atomic E-state index is 0.406. The zero-order valence-corrected chi connectivity index (χ0v) is 7.20. The molecule has 66 valence electrons. The van der Waals surface area contributed by atoms with E-state index in [1.165, 1.54) is 5.56 Å². The molecule has 0 saturated heterocycles. The highest BCUT2D eigenvalue weighted by Crippen LogP contribution is 2.06. The van der Waals surface area contributed by atoms with Crippen LogP contribution in [0.3, 0.4) is 0 Å². The molecule has 1 aromatic carbocycles. The van der Waals surface area contributed by atoms with Gasteiger partial charge in [0.1, 0.15) is 0 Å². The first-order valence-corrected chi connectivity index (χ1v) is 4.10. The van der Waals surface area contributed by atoms with Crippen molar-refractivity contribution >= 4 is 0 Å². The molecule has 2 nitrogen and oxygen atoms in total. The number of aliphatic hydroxyl groups is 2. The van der Waals surface area contributed by atoms with Gasteiger partial charge in [0.05, 0.1) is 0 Å². The summed E-state index contributed by atoms with van der Waals surface area (Å²) < 4.78 is 0. The normalized spacial score (nSPS) is 10.7. The molecule has 0 radical (unpaired) electrons. The Hall–Kier alpha value is -0.860. The average molecular weight is 166 g/mol. The summed E-state index contributed by atoms with van der Waals surface area (Å²) in [4.78, 5) is 0. The van der Waals surface area contributed by atoms with E-state index in [4.69, 9.17) is 10.2 Å². The van der Waals surface area contributed by atoms with Crippen LogP contribution in [0.25, 0.3) is 0 Å². The van der Waals surface area contributed by atoms with E-state index in [0.717, 1.165) is 12.0 Å². The maximum Gasteiger partial charge on any atom is 0.151 e. The highest BCUT2D eigenvalue weighted by Gasteiger charge is 1.98. The molecular formula is C10H14O2. The molecular weight excluding hydrogens is 152 g/mol. The minimum Gasteiger partial charge on any atom is -0.368 e. The van der Waals surface area contributed by atoms with Crippen molar-refractivity contribution in [1.82, 2.24) is 0 Å². The highest BCUT2D eigenvalue weighted by molar-refractivity contribution is 5.21. The summed E-state index contributed by atoms with van der Waals surface area (Å²) in [5.74, 6) is 0. The highest BCUT2D eigenvalue weighted by atomic mass is 16.5. The summed E-state index contributed by atoms with van der Waals surface area (Å²) in [6.07, 6.45) is -0.0626. The van der Waals surface area contributed by atoms with E-state index in [1.54, 1.807) is 0 Å². The molecule has 0 unspecified atom stereocenters. The van der Waals surface area contributed by atoms with Crippen molar-refractivity contribution in [3.05, 3.63) is 35.4 Å². The Kier molecular flexibility index (Phi) is 3.26. The summed E-state index contributed by atoms with van der Waals surface area (Å²) in [5, 5.41) is 17.2. The Morgan fingerprint density at radius 1 is 1.17 bits per heavy atom. The van der Waals surface area contributed by atoms with Gasteiger partial charge in [-0.1, -0.05) is 29.8 Å². The fraction of sp³-hybridized carbons (Fsp3) is 0.400. The monoisotopic (exact) mass is 166 g/mol. The van der Waals surface area contributed by atoms with Crippen molar-refractivity contribution < 1.29 is 10.2 Å². The first-order valence-electron chi connectivity index (χ1n) is 4.10. The van der Waals surface area contributed by atoms with Crippen LogP contribution in [0.2, 0.25) is 0 Å². The van der Waals surface area contributed by atoms with Crippen LogP contribution < -0.4 is 0 Å². The van der Waals surface area contributed by atoms with Crippen molar-refractivity contribution in [3.63, 3.8) is 0 Å². The van der Waals surface area contributed by atoms with Crippen LogP contribution >= 0.6 is 0 Å². The van der Waals surface area contributed by atoms with Crippen molar-refractivity contribution in [3.8, 4) is 0 Å². The summed E-state index contributed by atoms with van der Waals surface area (Å²) in [6.45, 7) is 2.03. The average Bonchev–Trinajstić information content (AvgIpc) is 2.03. The maximum atomic E-state index is 8.62. The Labute approximate surface area is 72.5 Å². The molecule has 0 fully saturated rings. The number of benzene rings is 1. The summed E-state index contributed by atoms with van der Waals surface area (Å²) in [6, 6.07) is 8.08. The molecule has 0 spiro atoms. The number of aliphatic hydroxyl groups excluding tert-OH is 1. The van der Waals surface area contributed by atoms with Crippen molar-refractivity contribution in [2.45, 2.75) is 26.1 Å². The Bertz CT molecular complexity index is 226. The van der Waals surface area contributed by atoms with Crippen molar-refractivity contribution in [2.75, 3.05) is 0 Å². The second kappa shape index (κ2) is 4.24. The molecule has 1 rings (SSSR count). The third-order valence-electron chi connectivity index (χ3n) is 1.81. The van der Waals surface area contributed by atoms with Gasteiger partial charge in [0.2, 0.25) is 0 Å². The standard InChI is InChI=1S/C10H14O2/c1-8-2-4-9(5-3-8)6-7-10(11)12/h2-5,10-12H,6-7H2,1H3. The SMILES string of the molecule is Cc1ccc(CCC(O)O)cc1. The van der Waals surface area contributed by atoms with Gasteiger partial charge < -0.3 is 10.2 Å². The minimum atomic E-state index is -1.19. The topological polar surface area (TPSA) is 40.5 Å². The molecule has 0 saturated carbocycles. The quantitative estimate of drug-likeness (QED) is 0.663. The van der Waals surface area contributed by atoms with Crippen LogP contribution in [0.15, 0.2) is 24.3 Å². The van der Waals surface area contributed by atoms with Gasteiger partial charge in [0.15, 0.2) is 6.29 Å². The number of rotatable bonds is 3. The molecule has 0 bridgehead atoms. The zero-order chi connectivity index (χ0) is 8.97. The Morgan fingerprint density at radius 3 is 2.25 bits per heavy atom. The van der Waals surface area contributed by atoms with E-state index < -0.39 is 6.29 Å². The second-order valence-electron chi connectivity index (χ2n) is 3.00. The zero-order valence-electron chi connectivity index (χ0n) is 7.20. The number of hydrogen-bond donors (Lipinski definition) is 2. The van der Waals surface area contributed by atoms with Gasteiger partial charge in [-0.2, -0.15) is 0 Å². The fourth-order valence-electron chi connectivity index (χ4n) is 1.05. The lowest BCUT2D eigenvalue weighted by Gasteiger charge is -2.03. The molecule has 0 amide bonds. The predicted molar refractivity (Wildman–Crippen MR) is 47.7 cm³/mol. The molecule has 0 heterocycles. The van der Waals surface area contributed by atoms with Gasteiger partial charge >= 0.3 is 0 Å². The maximum absolute atomic E-state index is 8.62. The van der Waals surface area contributed by atoms with Gasteiger partial charge in [0.25, 0.3) is 0 Å². The molecule has 0 aliphatic carbocycles. The van der Waals surface area contributed by atoms with Crippen LogP contribution in [0, 0.1) is 6.92 Å². The second-order valence-corrected chi connectivity index (χ2v) is 3.00. The first-order chi connectivity index (χ1) is 5.68. The van der Waals surface area contributed by atoms with E-state index in [1.807, 2.05) is 31.2 Å². The molecule has 12 heavy (non-hydrogen) atoms. The lowest BCUT2D eigenvalue weighted by atomic mass is 10.1. The Morgan fingerprint density at radius 2 is 1.75 bits per heavy atom. The van der Waals surface area contributed by atoms with Crippen LogP contribution in [-0.2, 0) is 6.42 Å². The first kappa shape index (κ1) is 9.23. The summed E-state index contributed by atoms with van der Waals surface area (Å²) in [5.41, 5.74) is 2.37. The van der Waals surface area contributed by atoms with Gasteiger partial charge in [-0.3, -0.25) is 0 Å². The predicted octanol–water partition coefficient (Wildman–Crippen LogP) is 1.24. The van der Waals surface area contributed by atoms with Gasteiger partial charge in [-0.05, 0) is 18.9 Å². The molecule has 2 N–H and O–H groups in total. The van der Waals surface area contributed by atoms with Crippen LogP contribution in [0.5, 0.6) is 0 Å². The Balaban J connectivity index is 2.48. The lowest BCUT2D eigenvalue weighted by Crippen LogP contribution is -2.05. The van der Waals surface area contributed by atoms with Crippen LogP contribution in [-0.4, -0.2) is 16.5 Å². The van der Waals surface area contributed by atoms with E-state index in [2.05, 4.69) is 0 Å². The van der Waals surface area contributed by atoms with Crippen molar-refractivity contribution in [1.29, 1.82) is 0 Å². The molecule has 0 aliphatic heterocycles. The summed E-state index contributed by atoms with van der Waals surface area (Å²) in [7, 11) is 0. The molecule has 2 heteroatoms. The number of aryl methyl sites for hydroxylation is 2. The van der Waals surface area contributed by atoms with Crippen LogP contribution in [0.4, 0.5) is 0 Å². The third kappa shape index (κ3) is 3.03. The fourth-order valence-corrected chi connectivity index (χ4v) is 1.05. The van der Waals surface area contributed by atoms with Gasteiger partial charge in [0, 0.05) is 6.42 Å². The molecule has 0 aromatic heterocycles. The summed E-state index contributed by atoms with van der Waals surface area (Å²) >= 11 is 0. The smallest absolute Gasteiger partial charge is 0.151 e. The molecule has 1 aromatic rings. The van der Waals surface area contributed by atoms with E-state index in [-0.39, 0.29) is 0 Å².